The third-order valence-corrected chi connectivity index (χ3v) is 5.44. The van der Waals surface area contributed by atoms with Gasteiger partial charge in [0.05, 0.1) is 13.0 Å². The molecule has 26 heavy (non-hydrogen) atoms. The number of nitrogens with zero attached hydrogens (tertiary/aromatic N) is 3. The molecule has 0 radical (unpaired) electrons. The number of amides is 2. The molecule has 2 aromatic rings. The predicted octanol–water partition coefficient (Wildman–Crippen LogP) is 2.84. The summed E-state index contributed by atoms with van der Waals surface area (Å²) in [6.07, 6.45) is 0.183. The molecule has 1 aromatic heterocycles. The molecule has 138 valence electrons. The Morgan fingerprint density at radius 1 is 1.27 bits per heavy atom. The van der Waals surface area contributed by atoms with Gasteiger partial charge in [0.2, 0.25) is 16.9 Å². The van der Waals surface area contributed by atoms with Crippen LogP contribution in [0.1, 0.15) is 32.2 Å². The number of nitrogens with one attached hydrogen (secondary N) is 1. The van der Waals surface area contributed by atoms with E-state index in [0.29, 0.717) is 11.7 Å². The average Bonchev–Trinajstić information content (AvgIpc) is 3.21. The van der Waals surface area contributed by atoms with Gasteiger partial charge in [-0.15, -0.1) is 10.2 Å². The van der Waals surface area contributed by atoms with Crippen LogP contribution >= 0.6 is 11.3 Å². The van der Waals surface area contributed by atoms with Crippen molar-refractivity contribution in [2.75, 3.05) is 23.9 Å². The Kier molecular flexibility index (Phi) is 4.95. The van der Waals surface area contributed by atoms with Crippen molar-refractivity contribution in [1.82, 2.24) is 10.2 Å². The second kappa shape index (κ2) is 7.03. The largest absolute Gasteiger partial charge is 0.497 e. The first-order valence-electron chi connectivity index (χ1n) is 8.37. The van der Waals surface area contributed by atoms with Gasteiger partial charge in [0.15, 0.2) is 0 Å². The fourth-order valence-electron chi connectivity index (χ4n) is 2.68. The molecule has 2 amide bonds. The van der Waals surface area contributed by atoms with Crippen molar-refractivity contribution in [2.24, 2.45) is 5.92 Å². The smallest absolute Gasteiger partial charge is 0.231 e. The molecule has 1 N–H and O–H groups in total. The maximum absolute atomic E-state index is 12.5. The minimum atomic E-state index is -0.411. The van der Waals surface area contributed by atoms with E-state index in [9.17, 15) is 9.59 Å². The van der Waals surface area contributed by atoms with E-state index in [-0.39, 0.29) is 23.7 Å². The van der Waals surface area contributed by atoms with Crippen LogP contribution in [0.4, 0.5) is 10.8 Å². The van der Waals surface area contributed by atoms with Gasteiger partial charge in [0.25, 0.3) is 0 Å². The van der Waals surface area contributed by atoms with Gasteiger partial charge in [-0.2, -0.15) is 0 Å². The molecule has 1 atom stereocenters. The second-order valence-electron chi connectivity index (χ2n) is 7.26. The molecule has 1 fully saturated rings. The third-order valence-electron chi connectivity index (χ3n) is 4.18. The van der Waals surface area contributed by atoms with Crippen molar-refractivity contribution < 1.29 is 14.3 Å². The van der Waals surface area contributed by atoms with Crippen LogP contribution in [0.5, 0.6) is 5.75 Å². The van der Waals surface area contributed by atoms with Gasteiger partial charge in [-0.3, -0.25) is 9.59 Å². The Morgan fingerprint density at radius 3 is 2.54 bits per heavy atom. The highest BCUT2D eigenvalue weighted by molar-refractivity contribution is 7.15. The fourth-order valence-corrected chi connectivity index (χ4v) is 3.48. The van der Waals surface area contributed by atoms with Crippen molar-refractivity contribution >= 4 is 34.0 Å². The van der Waals surface area contributed by atoms with Crippen LogP contribution in [0.2, 0.25) is 0 Å². The number of carbonyl (C=O) groups excluding carboxylic acids is 2. The van der Waals surface area contributed by atoms with Gasteiger partial charge in [-0.05, 0) is 24.3 Å². The summed E-state index contributed by atoms with van der Waals surface area (Å²) in [4.78, 5) is 26.5. The quantitative estimate of drug-likeness (QED) is 0.890. The summed E-state index contributed by atoms with van der Waals surface area (Å²) in [7, 11) is 1.59. The zero-order chi connectivity index (χ0) is 18.9. The summed E-state index contributed by atoms with van der Waals surface area (Å²) < 4.78 is 5.13. The van der Waals surface area contributed by atoms with E-state index in [0.717, 1.165) is 16.4 Å². The number of carbonyl (C=O) groups is 2. The second-order valence-corrected chi connectivity index (χ2v) is 8.23. The van der Waals surface area contributed by atoms with E-state index in [2.05, 4.69) is 15.5 Å². The molecule has 0 spiro atoms. The molecule has 1 saturated heterocycles. The number of aromatic nitrogens is 2. The van der Waals surface area contributed by atoms with Crippen LogP contribution in [0.3, 0.4) is 0 Å². The first-order chi connectivity index (χ1) is 12.3. The molecule has 0 aliphatic carbocycles. The number of hydrogen-bond donors (Lipinski definition) is 1. The lowest BCUT2D eigenvalue weighted by Crippen LogP contribution is -2.28. The lowest BCUT2D eigenvalue weighted by Gasteiger charge is -2.16. The number of methoxy groups -OCH3 is 1. The normalized spacial score (nSPS) is 17.5. The van der Waals surface area contributed by atoms with Gasteiger partial charge in [0.1, 0.15) is 10.8 Å². The van der Waals surface area contributed by atoms with Gasteiger partial charge in [-0.25, -0.2) is 0 Å². The maximum Gasteiger partial charge on any atom is 0.231 e. The molecule has 1 aliphatic heterocycles. The molecular formula is C18H22N4O3S. The maximum atomic E-state index is 12.5. The average molecular weight is 374 g/mol. The molecule has 1 aliphatic rings. The van der Waals surface area contributed by atoms with Gasteiger partial charge >= 0.3 is 0 Å². The Labute approximate surface area is 156 Å². The van der Waals surface area contributed by atoms with E-state index < -0.39 is 5.92 Å². The van der Waals surface area contributed by atoms with E-state index in [1.807, 2.05) is 32.9 Å². The summed E-state index contributed by atoms with van der Waals surface area (Å²) >= 11 is 1.36. The van der Waals surface area contributed by atoms with Crippen molar-refractivity contribution in [3.8, 4) is 5.75 Å². The Morgan fingerprint density at radius 2 is 1.96 bits per heavy atom. The standard InChI is InChI=1S/C18H22N4O3S/c1-18(2,3)16-20-21-17(26-16)19-15(24)11-9-14(23)22(10-11)12-5-7-13(25-4)8-6-12/h5-8,11H,9-10H2,1-4H3,(H,19,21,24). The minimum absolute atomic E-state index is 0.0667. The molecule has 0 bridgehead atoms. The first-order valence-corrected chi connectivity index (χ1v) is 9.19. The van der Waals surface area contributed by atoms with E-state index in [4.69, 9.17) is 4.74 Å². The number of benzene rings is 1. The van der Waals surface area contributed by atoms with E-state index in [1.54, 1.807) is 24.1 Å². The third kappa shape index (κ3) is 3.85. The lowest BCUT2D eigenvalue weighted by atomic mass is 9.98. The Balaban J connectivity index is 1.65. The van der Waals surface area contributed by atoms with Crippen LogP contribution < -0.4 is 15.0 Å². The minimum Gasteiger partial charge on any atom is -0.497 e. The summed E-state index contributed by atoms with van der Waals surface area (Å²) in [6, 6.07) is 7.23. The van der Waals surface area contributed by atoms with Crippen molar-refractivity contribution in [2.45, 2.75) is 32.6 Å². The molecule has 0 saturated carbocycles. The highest BCUT2D eigenvalue weighted by atomic mass is 32.1. The van der Waals surface area contributed by atoms with Crippen molar-refractivity contribution in [3.63, 3.8) is 0 Å². The zero-order valence-electron chi connectivity index (χ0n) is 15.3. The number of ether oxygens (including phenoxy) is 1. The first kappa shape index (κ1) is 18.3. The van der Waals surface area contributed by atoms with Crippen LogP contribution in [-0.2, 0) is 15.0 Å². The zero-order valence-corrected chi connectivity index (χ0v) is 16.1. The van der Waals surface area contributed by atoms with Crippen molar-refractivity contribution in [3.05, 3.63) is 29.3 Å². The number of hydrogen-bond acceptors (Lipinski definition) is 6. The summed E-state index contributed by atoms with van der Waals surface area (Å²) in [5.41, 5.74) is 0.645. The number of rotatable bonds is 4. The molecule has 3 rings (SSSR count). The Hall–Kier alpha value is -2.48. The molecule has 1 aromatic carbocycles. The van der Waals surface area contributed by atoms with Crippen LogP contribution in [0, 0.1) is 5.92 Å². The van der Waals surface area contributed by atoms with Gasteiger partial charge in [-0.1, -0.05) is 32.1 Å². The highest BCUT2D eigenvalue weighted by Crippen LogP contribution is 2.30. The molecule has 7 nitrogen and oxygen atoms in total. The Bertz CT molecular complexity index is 811. The van der Waals surface area contributed by atoms with Crippen LogP contribution in [0.25, 0.3) is 0 Å². The monoisotopic (exact) mass is 374 g/mol. The molecule has 8 heteroatoms. The summed E-state index contributed by atoms with van der Waals surface area (Å²) in [5, 5.41) is 12.3. The lowest BCUT2D eigenvalue weighted by molar-refractivity contribution is -0.122. The predicted molar refractivity (Wildman–Crippen MR) is 101 cm³/mol. The molecule has 1 unspecified atom stereocenters. The highest BCUT2D eigenvalue weighted by Gasteiger charge is 2.35. The summed E-state index contributed by atoms with van der Waals surface area (Å²) in [6.45, 7) is 6.48. The van der Waals surface area contributed by atoms with E-state index >= 15 is 0 Å². The molecular weight excluding hydrogens is 352 g/mol. The fraction of sp³-hybridized carbons (Fsp3) is 0.444. The van der Waals surface area contributed by atoms with Crippen LogP contribution in [-0.4, -0.2) is 35.7 Å². The summed E-state index contributed by atoms with van der Waals surface area (Å²) in [5.74, 6) is 0.0427. The molecule has 2 heterocycles. The van der Waals surface area contributed by atoms with Crippen LogP contribution in [0.15, 0.2) is 24.3 Å². The topological polar surface area (TPSA) is 84.4 Å². The van der Waals surface area contributed by atoms with Crippen molar-refractivity contribution in [1.29, 1.82) is 0 Å². The SMILES string of the molecule is COc1ccc(N2CC(C(=O)Nc3nnc(C(C)(C)C)s3)CC2=O)cc1. The van der Waals surface area contributed by atoms with Gasteiger partial charge < -0.3 is 15.0 Å². The van der Waals surface area contributed by atoms with Gasteiger partial charge in [0, 0.05) is 24.1 Å². The van der Waals surface area contributed by atoms with E-state index in [1.165, 1.54) is 11.3 Å². The number of anilines is 2.